The van der Waals surface area contributed by atoms with E-state index in [9.17, 15) is 9.90 Å². The summed E-state index contributed by atoms with van der Waals surface area (Å²) in [5.41, 5.74) is -0.501. The van der Waals surface area contributed by atoms with Crippen LogP contribution in [0.3, 0.4) is 0 Å². The highest BCUT2D eigenvalue weighted by Crippen LogP contribution is 2.52. The largest absolute Gasteiger partial charge is 0.480 e. The van der Waals surface area contributed by atoms with E-state index in [-0.39, 0.29) is 10.8 Å². The Morgan fingerprint density at radius 1 is 0.900 bits per heavy atom. The molecular weight excluding hydrogens is 252 g/mol. The molecule has 2 fully saturated rings. The fourth-order valence-corrected chi connectivity index (χ4v) is 4.81. The summed E-state index contributed by atoms with van der Waals surface area (Å²) in [5.74, 6) is -0.622. The molecule has 20 heavy (non-hydrogen) atoms. The second kappa shape index (κ2) is 4.99. The molecule has 0 radical (unpaired) electrons. The minimum absolute atomic E-state index is 0.0868. The summed E-state index contributed by atoms with van der Waals surface area (Å²) in [5, 5.41) is 10.0. The maximum absolute atomic E-state index is 12.2. The molecular formula is C16H30N2O2. The van der Waals surface area contributed by atoms with E-state index in [0.717, 1.165) is 45.4 Å². The molecule has 4 nitrogen and oxygen atoms in total. The van der Waals surface area contributed by atoms with Crippen molar-refractivity contribution in [3.8, 4) is 0 Å². The molecule has 0 amide bonds. The van der Waals surface area contributed by atoms with Gasteiger partial charge in [0.25, 0.3) is 0 Å². The van der Waals surface area contributed by atoms with Crippen molar-refractivity contribution in [2.24, 2.45) is 10.8 Å². The Hall–Kier alpha value is -0.610. The first-order valence-electron chi connectivity index (χ1n) is 7.73. The summed E-state index contributed by atoms with van der Waals surface area (Å²) in [6, 6.07) is 0. The second-order valence-electron chi connectivity index (χ2n) is 8.49. The van der Waals surface area contributed by atoms with E-state index < -0.39 is 11.5 Å². The first-order valence-corrected chi connectivity index (χ1v) is 7.73. The molecule has 1 N–H and O–H groups in total. The summed E-state index contributed by atoms with van der Waals surface area (Å²) >= 11 is 0. The fraction of sp³-hybridized carbons (Fsp3) is 0.938. The van der Waals surface area contributed by atoms with Crippen molar-refractivity contribution in [2.45, 2.75) is 52.5 Å². The summed E-state index contributed by atoms with van der Waals surface area (Å²) in [6.07, 6.45) is 2.63. The van der Waals surface area contributed by atoms with E-state index in [2.05, 4.69) is 44.5 Å². The van der Waals surface area contributed by atoms with Crippen LogP contribution in [0.15, 0.2) is 0 Å². The predicted octanol–water partition coefficient (Wildman–Crippen LogP) is 2.29. The number of carboxylic acid groups (broad SMARTS) is 1. The zero-order valence-electron chi connectivity index (χ0n) is 13.7. The molecule has 0 aromatic carbocycles. The van der Waals surface area contributed by atoms with Gasteiger partial charge in [0.05, 0.1) is 0 Å². The minimum Gasteiger partial charge on any atom is -0.480 e. The first kappa shape index (κ1) is 15.8. The van der Waals surface area contributed by atoms with Crippen molar-refractivity contribution in [3.63, 3.8) is 0 Å². The van der Waals surface area contributed by atoms with E-state index in [1.165, 1.54) is 0 Å². The molecule has 1 heterocycles. The van der Waals surface area contributed by atoms with Crippen molar-refractivity contribution in [1.82, 2.24) is 9.80 Å². The molecule has 0 unspecified atom stereocenters. The normalized spacial score (nSPS) is 30.1. The lowest BCUT2D eigenvalue weighted by atomic mass is 9.57. The molecule has 0 aromatic heterocycles. The highest BCUT2D eigenvalue weighted by molar-refractivity contribution is 5.79. The molecule has 1 saturated heterocycles. The summed E-state index contributed by atoms with van der Waals surface area (Å²) in [6.45, 7) is 12.6. The molecule has 1 aliphatic heterocycles. The third kappa shape index (κ3) is 3.01. The number of carbonyl (C=O) groups is 1. The van der Waals surface area contributed by atoms with Crippen molar-refractivity contribution in [1.29, 1.82) is 0 Å². The van der Waals surface area contributed by atoms with Gasteiger partial charge in [-0.3, -0.25) is 9.69 Å². The summed E-state index contributed by atoms with van der Waals surface area (Å²) < 4.78 is 0. The number of piperazine rings is 1. The molecule has 4 heteroatoms. The SMILES string of the molecule is CN1CCN(C2(C(=O)O)CC(C)(C)CC(C)(C)C2)CC1. The van der Waals surface area contributed by atoms with Crippen molar-refractivity contribution >= 4 is 5.97 Å². The lowest BCUT2D eigenvalue weighted by molar-refractivity contribution is -0.164. The quantitative estimate of drug-likeness (QED) is 0.844. The van der Waals surface area contributed by atoms with Crippen LogP contribution in [0.4, 0.5) is 0 Å². The smallest absolute Gasteiger partial charge is 0.324 e. The van der Waals surface area contributed by atoms with Gasteiger partial charge in [-0.25, -0.2) is 0 Å². The number of nitrogens with zero attached hydrogens (tertiary/aromatic N) is 2. The number of hydrogen-bond acceptors (Lipinski definition) is 3. The predicted molar refractivity (Wildman–Crippen MR) is 80.8 cm³/mol. The zero-order chi connectivity index (χ0) is 15.2. The topological polar surface area (TPSA) is 43.8 Å². The van der Waals surface area contributed by atoms with Crippen LogP contribution in [0.5, 0.6) is 0 Å². The van der Waals surface area contributed by atoms with E-state index in [1.54, 1.807) is 0 Å². The molecule has 1 saturated carbocycles. The van der Waals surface area contributed by atoms with Gasteiger partial charge in [0.1, 0.15) is 5.54 Å². The standard InChI is InChI=1S/C16H30N2O2/c1-14(2)10-15(3,4)12-16(11-14,13(19)20)18-8-6-17(5)7-9-18/h6-12H2,1-5H3,(H,19,20). The second-order valence-corrected chi connectivity index (χ2v) is 8.49. The van der Waals surface area contributed by atoms with Gasteiger partial charge in [0, 0.05) is 26.2 Å². The zero-order valence-corrected chi connectivity index (χ0v) is 13.7. The summed E-state index contributed by atoms with van der Waals surface area (Å²) in [7, 11) is 2.11. The van der Waals surface area contributed by atoms with Gasteiger partial charge in [-0.1, -0.05) is 27.7 Å². The van der Waals surface area contributed by atoms with Crippen molar-refractivity contribution in [3.05, 3.63) is 0 Å². The highest BCUT2D eigenvalue weighted by atomic mass is 16.4. The molecule has 0 aromatic rings. The third-order valence-electron chi connectivity index (χ3n) is 5.01. The first-order chi connectivity index (χ1) is 9.06. The van der Waals surface area contributed by atoms with Crippen LogP contribution < -0.4 is 0 Å². The Morgan fingerprint density at radius 3 is 1.75 bits per heavy atom. The number of hydrogen-bond donors (Lipinski definition) is 1. The minimum atomic E-state index is -0.674. The van der Waals surface area contributed by atoms with E-state index in [4.69, 9.17) is 0 Å². The van der Waals surface area contributed by atoms with Crippen molar-refractivity contribution < 1.29 is 9.90 Å². The Kier molecular flexibility index (Phi) is 3.93. The monoisotopic (exact) mass is 282 g/mol. The maximum atomic E-state index is 12.2. The maximum Gasteiger partial charge on any atom is 0.324 e. The van der Waals surface area contributed by atoms with Gasteiger partial charge >= 0.3 is 5.97 Å². The molecule has 1 aliphatic carbocycles. The van der Waals surface area contributed by atoms with Gasteiger partial charge in [0.15, 0.2) is 0 Å². The average molecular weight is 282 g/mol. The van der Waals surface area contributed by atoms with Crippen LogP contribution in [-0.2, 0) is 4.79 Å². The fourth-order valence-electron chi connectivity index (χ4n) is 4.81. The van der Waals surface area contributed by atoms with Gasteiger partial charge in [-0.15, -0.1) is 0 Å². The van der Waals surface area contributed by atoms with Gasteiger partial charge < -0.3 is 10.0 Å². The van der Waals surface area contributed by atoms with Gasteiger partial charge in [-0.05, 0) is 37.1 Å². The van der Waals surface area contributed by atoms with E-state index >= 15 is 0 Å². The van der Waals surface area contributed by atoms with Crippen LogP contribution in [0.2, 0.25) is 0 Å². The van der Waals surface area contributed by atoms with Gasteiger partial charge in [0.2, 0.25) is 0 Å². The van der Waals surface area contributed by atoms with Crippen LogP contribution in [0.25, 0.3) is 0 Å². The Bertz CT molecular complexity index is 366. The Balaban J connectivity index is 2.31. The van der Waals surface area contributed by atoms with Crippen LogP contribution in [-0.4, -0.2) is 59.6 Å². The lowest BCUT2D eigenvalue weighted by Gasteiger charge is -2.55. The molecule has 116 valence electrons. The third-order valence-corrected chi connectivity index (χ3v) is 5.01. The average Bonchev–Trinajstić information content (AvgIpc) is 2.25. The Morgan fingerprint density at radius 2 is 1.35 bits per heavy atom. The molecule has 0 atom stereocenters. The highest BCUT2D eigenvalue weighted by Gasteiger charge is 2.55. The number of rotatable bonds is 2. The molecule has 0 bridgehead atoms. The van der Waals surface area contributed by atoms with Gasteiger partial charge in [-0.2, -0.15) is 0 Å². The van der Waals surface area contributed by atoms with E-state index in [1.807, 2.05) is 0 Å². The number of aliphatic carboxylic acids is 1. The molecule has 2 rings (SSSR count). The molecule has 2 aliphatic rings. The van der Waals surface area contributed by atoms with Crippen molar-refractivity contribution in [2.75, 3.05) is 33.2 Å². The van der Waals surface area contributed by atoms with Crippen LogP contribution in [0, 0.1) is 10.8 Å². The van der Waals surface area contributed by atoms with E-state index in [0.29, 0.717) is 0 Å². The van der Waals surface area contributed by atoms with Crippen LogP contribution in [0.1, 0.15) is 47.0 Å². The Labute approximate surface area is 123 Å². The van der Waals surface area contributed by atoms with Crippen LogP contribution >= 0.6 is 0 Å². The molecule has 0 spiro atoms. The number of likely N-dealkylation sites (N-methyl/N-ethyl adjacent to an activating group) is 1. The lowest BCUT2D eigenvalue weighted by Crippen LogP contribution is -2.65. The summed E-state index contributed by atoms with van der Waals surface area (Å²) in [4.78, 5) is 16.7. The number of carboxylic acids is 1.